The van der Waals surface area contributed by atoms with Gasteiger partial charge in [-0.1, -0.05) is 13.8 Å². The van der Waals surface area contributed by atoms with E-state index in [4.69, 9.17) is 4.74 Å². The van der Waals surface area contributed by atoms with Crippen molar-refractivity contribution in [2.45, 2.75) is 59.0 Å². The molecule has 1 N–H and O–H groups in total. The quantitative estimate of drug-likeness (QED) is 0.832. The van der Waals surface area contributed by atoms with Crippen LogP contribution >= 0.6 is 0 Å². The van der Waals surface area contributed by atoms with E-state index in [1.165, 1.54) is 5.69 Å². The highest BCUT2D eigenvalue weighted by Crippen LogP contribution is 2.27. The van der Waals surface area contributed by atoms with Crippen molar-refractivity contribution in [2.75, 3.05) is 13.2 Å². The third-order valence-electron chi connectivity index (χ3n) is 3.66. The topological polar surface area (TPSA) is 39.1 Å². The number of hydrogen-bond acceptors (Lipinski definition) is 3. The molecule has 2 heterocycles. The van der Waals surface area contributed by atoms with Crippen molar-refractivity contribution in [2.24, 2.45) is 0 Å². The lowest BCUT2D eigenvalue weighted by Gasteiger charge is -2.25. The van der Waals surface area contributed by atoms with E-state index in [2.05, 4.69) is 48.0 Å². The van der Waals surface area contributed by atoms with Crippen molar-refractivity contribution in [3.05, 3.63) is 29.3 Å². The van der Waals surface area contributed by atoms with Crippen LogP contribution in [-0.2, 0) is 17.7 Å². The third-order valence-corrected chi connectivity index (χ3v) is 3.66. The maximum atomic E-state index is 5.89. The van der Waals surface area contributed by atoms with Gasteiger partial charge in [0.15, 0.2) is 0 Å². The minimum absolute atomic E-state index is 0.142. The molecule has 0 aliphatic carbocycles. The van der Waals surface area contributed by atoms with Crippen molar-refractivity contribution < 1.29 is 4.74 Å². The average Bonchev–Trinajstić information content (AvgIpc) is 2.92. The molecule has 1 aliphatic rings. The summed E-state index contributed by atoms with van der Waals surface area (Å²) in [5.41, 5.74) is 2.38. The Morgan fingerprint density at radius 3 is 2.85 bits per heavy atom. The van der Waals surface area contributed by atoms with Gasteiger partial charge >= 0.3 is 0 Å². The summed E-state index contributed by atoms with van der Waals surface area (Å²) in [7, 11) is 0. The molecule has 20 heavy (non-hydrogen) atoms. The Kier molecular flexibility index (Phi) is 5.65. The van der Waals surface area contributed by atoms with Gasteiger partial charge in [-0.25, -0.2) is 0 Å². The molecule has 4 heteroatoms. The minimum atomic E-state index is 0.142. The first-order valence-corrected chi connectivity index (χ1v) is 7.92. The molecule has 1 aliphatic heterocycles. The zero-order valence-corrected chi connectivity index (χ0v) is 13.0. The normalized spacial score (nSPS) is 16.6. The van der Waals surface area contributed by atoms with Gasteiger partial charge in [-0.3, -0.25) is 4.68 Å². The van der Waals surface area contributed by atoms with Crippen molar-refractivity contribution >= 4 is 0 Å². The van der Waals surface area contributed by atoms with Crippen LogP contribution in [0.4, 0.5) is 0 Å². The van der Waals surface area contributed by atoms with Crippen LogP contribution in [0.2, 0.25) is 0 Å². The molecule has 4 nitrogen and oxygen atoms in total. The van der Waals surface area contributed by atoms with Crippen molar-refractivity contribution in [1.29, 1.82) is 0 Å². The van der Waals surface area contributed by atoms with E-state index in [1.807, 2.05) is 0 Å². The summed E-state index contributed by atoms with van der Waals surface area (Å²) in [5, 5.41) is 8.28. The SMILES string of the molecule is CCCNC(C1=CCCCO1)c1cc(CC)nn1CC. The molecule has 112 valence electrons. The van der Waals surface area contributed by atoms with Crippen molar-refractivity contribution in [3.63, 3.8) is 0 Å². The predicted molar refractivity (Wildman–Crippen MR) is 81.6 cm³/mol. The third kappa shape index (κ3) is 3.42. The fourth-order valence-electron chi connectivity index (χ4n) is 2.56. The molecule has 0 amide bonds. The summed E-state index contributed by atoms with van der Waals surface area (Å²) < 4.78 is 7.99. The first kappa shape index (κ1) is 15.1. The molecule has 1 unspecified atom stereocenters. The predicted octanol–water partition coefficient (Wildman–Crippen LogP) is 3.20. The number of ether oxygens (including phenoxy) is 1. The summed E-state index contributed by atoms with van der Waals surface area (Å²) in [4.78, 5) is 0. The zero-order chi connectivity index (χ0) is 14.4. The van der Waals surface area contributed by atoms with Gasteiger partial charge in [-0.15, -0.1) is 0 Å². The van der Waals surface area contributed by atoms with E-state index in [-0.39, 0.29) is 6.04 Å². The molecule has 1 aromatic heterocycles. The largest absolute Gasteiger partial charge is 0.496 e. The molecule has 1 atom stereocenters. The highest BCUT2D eigenvalue weighted by molar-refractivity contribution is 5.23. The molecular weight excluding hydrogens is 250 g/mol. The summed E-state index contributed by atoms with van der Waals surface area (Å²) >= 11 is 0. The van der Waals surface area contributed by atoms with Gasteiger partial charge < -0.3 is 10.1 Å². The fourth-order valence-corrected chi connectivity index (χ4v) is 2.56. The molecular formula is C16H27N3O. The molecule has 0 fully saturated rings. The second kappa shape index (κ2) is 7.48. The number of hydrogen-bond donors (Lipinski definition) is 1. The Bertz CT molecular complexity index is 451. The molecule has 0 saturated heterocycles. The van der Waals surface area contributed by atoms with Crippen LogP contribution in [-0.4, -0.2) is 22.9 Å². The number of nitrogens with zero attached hydrogens (tertiary/aromatic N) is 2. The molecule has 0 bridgehead atoms. The van der Waals surface area contributed by atoms with Crippen LogP contribution in [0.3, 0.4) is 0 Å². The maximum absolute atomic E-state index is 5.89. The Morgan fingerprint density at radius 2 is 2.25 bits per heavy atom. The summed E-state index contributed by atoms with van der Waals surface area (Å²) in [6, 6.07) is 2.36. The maximum Gasteiger partial charge on any atom is 0.115 e. The van der Waals surface area contributed by atoms with E-state index in [0.717, 1.165) is 56.8 Å². The van der Waals surface area contributed by atoms with Gasteiger partial charge in [-0.05, 0) is 51.3 Å². The number of aryl methyl sites for hydroxylation is 2. The smallest absolute Gasteiger partial charge is 0.115 e. The lowest BCUT2D eigenvalue weighted by atomic mass is 10.1. The molecule has 0 saturated carbocycles. The van der Waals surface area contributed by atoms with Crippen LogP contribution in [0.25, 0.3) is 0 Å². The highest BCUT2D eigenvalue weighted by Gasteiger charge is 2.23. The Morgan fingerprint density at radius 1 is 1.40 bits per heavy atom. The van der Waals surface area contributed by atoms with Crippen LogP contribution in [0, 0.1) is 0 Å². The van der Waals surface area contributed by atoms with Crippen LogP contribution in [0.15, 0.2) is 17.9 Å². The molecule has 1 aromatic rings. The first-order valence-electron chi connectivity index (χ1n) is 7.92. The van der Waals surface area contributed by atoms with Gasteiger partial charge in [-0.2, -0.15) is 5.10 Å². The number of aromatic nitrogens is 2. The number of nitrogens with one attached hydrogen (secondary N) is 1. The second-order valence-electron chi connectivity index (χ2n) is 5.21. The highest BCUT2D eigenvalue weighted by atomic mass is 16.5. The van der Waals surface area contributed by atoms with Gasteiger partial charge in [0.05, 0.1) is 18.0 Å². The Labute approximate surface area is 122 Å². The molecule has 0 radical (unpaired) electrons. The average molecular weight is 277 g/mol. The summed E-state index contributed by atoms with van der Waals surface area (Å²) in [5.74, 6) is 1.07. The van der Waals surface area contributed by atoms with E-state index in [9.17, 15) is 0 Å². The molecule has 0 aromatic carbocycles. The van der Waals surface area contributed by atoms with E-state index in [1.54, 1.807) is 0 Å². The standard InChI is InChI=1S/C16H27N3O/c1-4-10-17-16(15-9-7-8-11-20-15)14-12-13(5-2)18-19(14)6-3/h9,12,16-17H,4-8,10-11H2,1-3H3. The summed E-state index contributed by atoms with van der Waals surface area (Å²) in [6.45, 7) is 9.19. The zero-order valence-electron chi connectivity index (χ0n) is 13.0. The van der Waals surface area contributed by atoms with Crippen molar-refractivity contribution in [3.8, 4) is 0 Å². The van der Waals surface area contributed by atoms with Gasteiger partial charge in [0.1, 0.15) is 11.8 Å². The van der Waals surface area contributed by atoms with Gasteiger partial charge in [0.25, 0.3) is 0 Å². The number of rotatable bonds is 7. The van der Waals surface area contributed by atoms with Gasteiger partial charge in [0.2, 0.25) is 0 Å². The number of allylic oxidation sites excluding steroid dienone is 1. The van der Waals surface area contributed by atoms with Crippen LogP contribution < -0.4 is 5.32 Å². The summed E-state index contributed by atoms with van der Waals surface area (Å²) in [6.07, 6.45) is 6.55. The van der Waals surface area contributed by atoms with E-state index >= 15 is 0 Å². The minimum Gasteiger partial charge on any atom is -0.496 e. The Hall–Kier alpha value is -1.29. The fraction of sp³-hybridized carbons (Fsp3) is 0.688. The van der Waals surface area contributed by atoms with E-state index in [0.29, 0.717) is 0 Å². The monoisotopic (exact) mass is 277 g/mol. The van der Waals surface area contributed by atoms with Crippen LogP contribution in [0.1, 0.15) is 57.5 Å². The lowest BCUT2D eigenvalue weighted by molar-refractivity contribution is 0.165. The van der Waals surface area contributed by atoms with Crippen LogP contribution in [0.5, 0.6) is 0 Å². The van der Waals surface area contributed by atoms with Crippen molar-refractivity contribution in [1.82, 2.24) is 15.1 Å². The Balaban J connectivity index is 2.29. The second-order valence-corrected chi connectivity index (χ2v) is 5.21. The molecule has 0 spiro atoms. The first-order chi connectivity index (χ1) is 9.80. The molecule has 2 rings (SSSR count). The lowest BCUT2D eigenvalue weighted by Crippen LogP contribution is -2.28. The van der Waals surface area contributed by atoms with Gasteiger partial charge in [0, 0.05) is 6.54 Å². The van der Waals surface area contributed by atoms with E-state index < -0.39 is 0 Å².